The average Bonchev–Trinajstić information content (AvgIpc) is 2.15. The third kappa shape index (κ3) is 2.74. The van der Waals surface area contributed by atoms with E-state index in [-0.39, 0.29) is 0 Å². The van der Waals surface area contributed by atoms with Gasteiger partial charge in [0.2, 0.25) is 0 Å². The highest BCUT2D eigenvalue weighted by Crippen LogP contribution is 2.32. The van der Waals surface area contributed by atoms with Gasteiger partial charge in [-0.2, -0.15) is 13.2 Å². The van der Waals surface area contributed by atoms with Crippen molar-refractivity contribution in [3.63, 3.8) is 0 Å². The van der Waals surface area contributed by atoms with Gasteiger partial charge >= 0.3 is 6.18 Å². The van der Waals surface area contributed by atoms with Gasteiger partial charge in [0.15, 0.2) is 0 Å². The Balaban J connectivity index is 3.09. The predicted molar refractivity (Wildman–Crippen MR) is 54.9 cm³/mol. The molecule has 0 aliphatic rings. The van der Waals surface area contributed by atoms with Gasteiger partial charge in [-0.25, -0.2) is 0 Å². The van der Waals surface area contributed by atoms with Crippen LogP contribution in [0.5, 0.6) is 0 Å². The zero-order chi connectivity index (χ0) is 11.6. The van der Waals surface area contributed by atoms with Gasteiger partial charge in [-0.1, -0.05) is 19.9 Å². The SMILES string of the molecule is CC[C@@H](C)c1ccc(C(F)(F)F)cc1C. The Morgan fingerprint density at radius 3 is 2.27 bits per heavy atom. The minimum absolute atomic E-state index is 0.312. The van der Waals surface area contributed by atoms with E-state index in [0.29, 0.717) is 5.92 Å². The van der Waals surface area contributed by atoms with E-state index < -0.39 is 11.7 Å². The summed E-state index contributed by atoms with van der Waals surface area (Å²) in [5, 5.41) is 0. The molecule has 0 aromatic heterocycles. The van der Waals surface area contributed by atoms with Crippen LogP contribution in [0.3, 0.4) is 0 Å². The van der Waals surface area contributed by atoms with Crippen LogP contribution in [0.4, 0.5) is 13.2 Å². The second kappa shape index (κ2) is 4.25. The summed E-state index contributed by atoms with van der Waals surface area (Å²) in [4.78, 5) is 0. The Kier molecular flexibility index (Phi) is 3.42. The van der Waals surface area contributed by atoms with E-state index >= 15 is 0 Å². The molecule has 0 nitrogen and oxygen atoms in total. The fourth-order valence-electron chi connectivity index (χ4n) is 1.62. The minimum atomic E-state index is -4.24. The third-order valence-electron chi connectivity index (χ3n) is 2.74. The fourth-order valence-corrected chi connectivity index (χ4v) is 1.62. The maximum Gasteiger partial charge on any atom is 0.416 e. The highest BCUT2D eigenvalue weighted by Gasteiger charge is 2.30. The largest absolute Gasteiger partial charge is 0.416 e. The second-order valence-electron chi connectivity index (χ2n) is 3.88. The summed E-state index contributed by atoms with van der Waals surface area (Å²) < 4.78 is 37.1. The monoisotopic (exact) mass is 216 g/mol. The van der Waals surface area contributed by atoms with E-state index in [1.165, 1.54) is 6.07 Å². The lowest BCUT2D eigenvalue weighted by Crippen LogP contribution is -2.06. The van der Waals surface area contributed by atoms with Crippen LogP contribution in [0.15, 0.2) is 18.2 Å². The number of aryl methyl sites for hydroxylation is 1. The molecule has 0 saturated carbocycles. The Morgan fingerprint density at radius 2 is 1.87 bits per heavy atom. The van der Waals surface area contributed by atoms with E-state index in [9.17, 15) is 13.2 Å². The number of hydrogen-bond donors (Lipinski definition) is 0. The molecule has 0 aliphatic heterocycles. The predicted octanol–water partition coefficient (Wildman–Crippen LogP) is 4.53. The molecule has 0 radical (unpaired) electrons. The molecule has 15 heavy (non-hydrogen) atoms. The first-order valence-corrected chi connectivity index (χ1v) is 5.04. The number of benzene rings is 1. The van der Waals surface area contributed by atoms with Crippen molar-refractivity contribution in [2.45, 2.75) is 39.3 Å². The van der Waals surface area contributed by atoms with Gasteiger partial charge in [0, 0.05) is 0 Å². The summed E-state index contributed by atoms with van der Waals surface area (Å²) in [6.07, 6.45) is -3.30. The van der Waals surface area contributed by atoms with Crippen molar-refractivity contribution < 1.29 is 13.2 Å². The van der Waals surface area contributed by atoms with E-state index in [4.69, 9.17) is 0 Å². The number of hydrogen-bond acceptors (Lipinski definition) is 0. The molecule has 0 unspecified atom stereocenters. The molecule has 0 amide bonds. The van der Waals surface area contributed by atoms with Crippen LogP contribution >= 0.6 is 0 Å². The van der Waals surface area contributed by atoms with Crippen LogP contribution < -0.4 is 0 Å². The van der Waals surface area contributed by atoms with Crippen molar-refractivity contribution >= 4 is 0 Å². The Hall–Kier alpha value is -0.990. The Bertz CT molecular complexity index is 339. The summed E-state index contributed by atoms with van der Waals surface area (Å²) in [5.41, 5.74) is 1.16. The van der Waals surface area contributed by atoms with Crippen LogP contribution in [0.1, 0.15) is 42.9 Å². The van der Waals surface area contributed by atoms with Crippen molar-refractivity contribution in [1.29, 1.82) is 0 Å². The normalized spacial score (nSPS) is 14.0. The van der Waals surface area contributed by atoms with E-state index in [2.05, 4.69) is 0 Å². The number of alkyl halides is 3. The van der Waals surface area contributed by atoms with Crippen molar-refractivity contribution in [2.24, 2.45) is 0 Å². The summed E-state index contributed by atoms with van der Waals surface area (Å²) >= 11 is 0. The Labute approximate surface area is 88.1 Å². The molecule has 0 aliphatic carbocycles. The molecule has 0 bridgehead atoms. The smallest absolute Gasteiger partial charge is 0.166 e. The van der Waals surface area contributed by atoms with Gasteiger partial charge in [0.1, 0.15) is 0 Å². The van der Waals surface area contributed by atoms with Gasteiger partial charge in [0.25, 0.3) is 0 Å². The first-order chi connectivity index (χ1) is 6.86. The fraction of sp³-hybridized carbons (Fsp3) is 0.500. The van der Waals surface area contributed by atoms with Crippen LogP contribution in [0, 0.1) is 6.92 Å². The van der Waals surface area contributed by atoms with E-state index in [1.54, 1.807) is 13.0 Å². The molecule has 1 aromatic carbocycles. The van der Waals surface area contributed by atoms with Crippen molar-refractivity contribution in [3.05, 3.63) is 34.9 Å². The molecular formula is C12H15F3. The minimum Gasteiger partial charge on any atom is -0.166 e. The molecule has 1 rings (SSSR count). The number of halogens is 3. The van der Waals surface area contributed by atoms with Crippen LogP contribution in [0.25, 0.3) is 0 Å². The molecule has 0 saturated heterocycles. The van der Waals surface area contributed by atoms with E-state index in [1.807, 2.05) is 13.8 Å². The van der Waals surface area contributed by atoms with Gasteiger partial charge in [0.05, 0.1) is 5.56 Å². The number of rotatable bonds is 2. The summed E-state index contributed by atoms with van der Waals surface area (Å²) in [7, 11) is 0. The molecule has 0 fully saturated rings. The van der Waals surface area contributed by atoms with Gasteiger partial charge < -0.3 is 0 Å². The Morgan fingerprint density at radius 1 is 1.27 bits per heavy atom. The molecule has 0 heterocycles. The van der Waals surface area contributed by atoms with Gasteiger partial charge in [-0.3, -0.25) is 0 Å². The molecule has 1 atom stereocenters. The molecule has 0 spiro atoms. The van der Waals surface area contributed by atoms with E-state index in [0.717, 1.165) is 23.6 Å². The molecule has 84 valence electrons. The van der Waals surface area contributed by atoms with Crippen molar-refractivity contribution in [3.8, 4) is 0 Å². The summed E-state index contributed by atoms with van der Waals surface area (Å²) in [6.45, 7) is 5.79. The zero-order valence-electron chi connectivity index (χ0n) is 9.15. The summed E-state index contributed by atoms with van der Waals surface area (Å²) in [5.74, 6) is 0.312. The van der Waals surface area contributed by atoms with Gasteiger partial charge in [-0.05, 0) is 42.5 Å². The van der Waals surface area contributed by atoms with Crippen LogP contribution in [-0.4, -0.2) is 0 Å². The lowest BCUT2D eigenvalue weighted by molar-refractivity contribution is -0.137. The van der Waals surface area contributed by atoms with Gasteiger partial charge in [-0.15, -0.1) is 0 Å². The van der Waals surface area contributed by atoms with Crippen molar-refractivity contribution in [1.82, 2.24) is 0 Å². The maximum absolute atomic E-state index is 12.4. The zero-order valence-corrected chi connectivity index (χ0v) is 9.15. The highest BCUT2D eigenvalue weighted by molar-refractivity contribution is 5.34. The molecule has 3 heteroatoms. The topological polar surface area (TPSA) is 0 Å². The quantitative estimate of drug-likeness (QED) is 0.681. The highest BCUT2D eigenvalue weighted by atomic mass is 19.4. The summed E-state index contributed by atoms with van der Waals surface area (Å²) in [6, 6.07) is 3.97. The second-order valence-corrected chi connectivity index (χ2v) is 3.88. The lowest BCUT2D eigenvalue weighted by atomic mass is 9.93. The standard InChI is InChI=1S/C12H15F3/c1-4-8(2)11-6-5-10(7-9(11)3)12(13,14)15/h5-8H,4H2,1-3H3/t8-/m1/s1. The third-order valence-corrected chi connectivity index (χ3v) is 2.74. The lowest BCUT2D eigenvalue weighted by Gasteiger charge is -2.15. The van der Waals surface area contributed by atoms with Crippen LogP contribution in [0.2, 0.25) is 0 Å². The molecular weight excluding hydrogens is 201 g/mol. The first kappa shape index (κ1) is 12.1. The maximum atomic E-state index is 12.4. The average molecular weight is 216 g/mol. The van der Waals surface area contributed by atoms with Crippen molar-refractivity contribution in [2.75, 3.05) is 0 Å². The molecule has 1 aromatic rings. The first-order valence-electron chi connectivity index (χ1n) is 5.04. The molecule has 0 N–H and O–H groups in total. The van der Waals surface area contributed by atoms with Crippen LogP contribution in [-0.2, 0) is 6.18 Å².